The van der Waals surface area contributed by atoms with Crippen molar-refractivity contribution >= 4 is 38.5 Å². The Bertz CT molecular complexity index is 717. The highest BCUT2D eigenvalue weighted by Crippen LogP contribution is 2.11. The Hall–Kier alpha value is -1.45. The van der Waals surface area contributed by atoms with Gasteiger partial charge in [0.2, 0.25) is 0 Å². The second-order valence-corrected chi connectivity index (χ2v) is 6.70. The molecule has 104 valence electrons. The van der Waals surface area contributed by atoms with Crippen molar-refractivity contribution in [3.8, 4) is 0 Å². The average molecular weight is 402 g/mol. The van der Waals surface area contributed by atoms with E-state index in [2.05, 4.69) is 10.3 Å². The summed E-state index contributed by atoms with van der Waals surface area (Å²) in [5.74, 6) is -0.505. The third-order valence-electron chi connectivity index (χ3n) is 2.47. The van der Waals surface area contributed by atoms with Gasteiger partial charge in [-0.1, -0.05) is 30.3 Å². The van der Waals surface area contributed by atoms with Crippen LogP contribution in [-0.2, 0) is 10.0 Å². The number of hydrogen-bond donors (Lipinski definition) is 2. The highest BCUT2D eigenvalue weighted by Gasteiger charge is 2.16. The molecule has 2 aromatic carbocycles. The Kier molecular flexibility index (Phi) is 4.73. The molecule has 0 spiro atoms. The van der Waals surface area contributed by atoms with Gasteiger partial charge >= 0.3 is 0 Å². The van der Waals surface area contributed by atoms with Gasteiger partial charge in [0.25, 0.3) is 15.9 Å². The minimum atomic E-state index is -3.76. The number of hydrogen-bond acceptors (Lipinski definition) is 3. The maximum Gasteiger partial charge on any atom is 0.267 e. The van der Waals surface area contributed by atoms with E-state index < -0.39 is 15.9 Å². The molecule has 0 saturated carbocycles. The van der Waals surface area contributed by atoms with E-state index in [1.54, 1.807) is 42.5 Å². The van der Waals surface area contributed by atoms with Crippen molar-refractivity contribution in [1.82, 2.24) is 10.3 Å². The summed E-state index contributed by atoms with van der Waals surface area (Å²) in [7, 11) is -3.76. The second kappa shape index (κ2) is 6.33. The van der Waals surface area contributed by atoms with Crippen molar-refractivity contribution in [3.05, 3.63) is 63.7 Å². The van der Waals surface area contributed by atoms with Crippen LogP contribution in [0.5, 0.6) is 0 Å². The van der Waals surface area contributed by atoms with E-state index in [4.69, 9.17) is 0 Å². The number of amides is 1. The molecule has 2 aromatic rings. The number of sulfonamides is 1. The summed E-state index contributed by atoms with van der Waals surface area (Å²) in [4.78, 5) is 14.1. The smallest absolute Gasteiger partial charge is 0.267 e. The lowest BCUT2D eigenvalue weighted by Crippen LogP contribution is -2.41. The largest absolute Gasteiger partial charge is 0.273 e. The third-order valence-corrected chi connectivity index (χ3v) is 4.68. The zero-order valence-electron chi connectivity index (χ0n) is 10.2. The van der Waals surface area contributed by atoms with Gasteiger partial charge in [-0.3, -0.25) is 10.2 Å². The standard InChI is InChI=1S/C13H11IN2O3S/c14-12-9-5-4-8-11(12)13(17)15-16-20(18,19)10-6-2-1-3-7-10/h1-9,16H,(H,15,17). The van der Waals surface area contributed by atoms with Crippen LogP contribution in [0, 0.1) is 3.57 Å². The van der Waals surface area contributed by atoms with Gasteiger partial charge in [-0.05, 0) is 46.9 Å². The van der Waals surface area contributed by atoms with Crippen LogP contribution >= 0.6 is 22.6 Å². The molecule has 0 heterocycles. The van der Waals surface area contributed by atoms with Crippen LogP contribution in [0.4, 0.5) is 0 Å². The lowest BCUT2D eigenvalue weighted by Gasteiger charge is -2.09. The summed E-state index contributed by atoms with van der Waals surface area (Å²) in [5.41, 5.74) is 2.60. The van der Waals surface area contributed by atoms with Gasteiger partial charge in [0.1, 0.15) is 0 Å². The number of nitrogens with one attached hydrogen (secondary N) is 2. The molecule has 0 aliphatic heterocycles. The molecular formula is C13H11IN2O3S. The molecule has 0 saturated heterocycles. The predicted molar refractivity (Wildman–Crippen MR) is 83.4 cm³/mol. The number of halogens is 1. The minimum Gasteiger partial charge on any atom is -0.273 e. The maximum atomic E-state index is 11.9. The van der Waals surface area contributed by atoms with Crippen LogP contribution in [0.15, 0.2) is 59.5 Å². The number of carbonyl (C=O) groups excluding carboxylic acids is 1. The number of benzene rings is 2. The lowest BCUT2D eigenvalue weighted by atomic mass is 10.2. The molecule has 0 radical (unpaired) electrons. The molecule has 0 fully saturated rings. The van der Waals surface area contributed by atoms with E-state index in [1.165, 1.54) is 12.1 Å². The molecule has 0 aromatic heterocycles. The summed E-state index contributed by atoms with van der Waals surface area (Å²) in [6.07, 6.45) is 0. The van der Waals surface area contributed by atoms with Crippen molar-refractivity contribution in [1.29, 1.82) is 0 Å². The molecule has 5 nitrogen and oxygen atoms in total. The van der Waals surface area contributed by atoms with Gasteiger partial charge in [0.15, 0.2) is 0 Å². The fourth-order valence-corrected chi connectivity index (χ4v) is 2.98. The maximum absolute atomic E-state index is 11.9. The van der Waals surface area contributed by atoms with Crippen molar-refractivity contribution in [2.45, 2.75) is 4.90 Å². The molecule has 0 unspecified atom stereocenters. The third kappa shape index (κ3) is 3.56. The van der Waals surface area contributed by atoms with E-state index >= 15 is 0 Å². The van der Waals surface area contributed by atoms with Gasteiger partial charge in [-0.15, -0.1) is 4.83 Å². The first-order chi connectivity index (χ1) is 9.50. The Labute approximate surface area is 130 Å². The van der Waals surface area contributed by atoms with Crippen molar-refractivity contribution in [2.75, 3.05) is 0 Å². The minimum absolute atomic E-state index is 0.0862. The fourth-order valence-electron chi connectivity index (χ4n) is 1.48. The highest BCUT2D eigenvalue weighted by molar-refractivity contribution is 14.1. The van der Waals surface area contributed by atoms with Gasteiger partial charge in [0.05, 0.1) is 10.5 Å². The van der Waals surface area contributed by atoms with E-state index in [9.17, 15) is 13.2 Å². The Balaban J connectivity index is 2.10. The van der Waals surface area contributed by atoms with Gasteiger partial charge < -0.3 is 0 Å². The van der Waals surface area contributed by atoms with E-state index in [-0.39, 0.29) is 4.90 Å². The Morgan fingerprint density at radius 3 is 2.20 bits per heavy atom. The monoisotopic (exact) mass is 402 g/mol. The molecular weight excluding hydrogens is 391 g/mol. The zero-order chi connectivity index (χ0) is 14.6. The van der Waals surface area contributed by atoms with Gasteiger partial charge in [0, 0.05) is 3.57 Å². The first kappa shape index (κ1) is 14.9. The molecule has 1 amide bonds. The highest BCUT2D eigenvalue weighted by atomic mass is 127. The van der Waals surface area contributed by atoms with Gasteiger partial charge in [-0.25, -0.2) is 8.42 Å². The first-order valence-corrected chi connectivity index (χ1v) is 8.18. The zero-order valence-corrected chi connectivity index (χ0v) is 13.2. The number of hydrazine groups is 1. The molecule has 20 heavy (non-hydrogen) atoms. The van der Waals surface area contributed by atoms with Crippen molar-refractivity contribution in [3.63, 3.8) is 0 Å². The van der Waals surface area contributed by atoms with Crippen LogP contribution in [-0.4, -0.2) is 14.3 Å². The Morgan fingerprint density at radius 2 is 1.55 bits per heavy atom. The molecule has 0 atom stereocenters. The van der Waals surface area contributed by atoms with E-state index in [0.717, 1.165) is 3.57 Å². The molecule has 7 heteroatoms. The van der Waals surface area contributed by atoms with Crippen LogP contribution in [0.3, 0.4) is 0 Å². The van der Waals surface area contributed by atoms with Crippen molar-refractivity contribution < 1.29 is 13.2 Å². The fraction of sp³-hybridized carbons (Fsp3) is 0. The predicted octanol–water partition coefficient (Wildman–Crippen LogP) is 1.91. The van der Waals surface area contributed by atoms with Crippen LogP contribution in [0.2, 0.25) is 0 Å². The summed E-state index contributed by atoms with van der Waals surface area (Å²) >= 11 is 2.01. The number of carbonyl (C=O) groups is 1. The normalized spacial score (nSPS) is 11.1. The molecule has 0 bridgehead atoms. The molecule has 2 rings (SSSR count). The first-order valence-electron chi connectivity index (χ1n) is 5.62. The molecule has 0 aliphatic rings. The lowest BCUT2D eigenvalue weighted by molar-refractivity contribution is 0.0944. The van der Waals surface area contributed by atoms with Crippen LogP contribution < -0.4 is 10.3 Å². The number of rotatable bonds is 4. The Morgan fingerprint density at radius 1 is 0.950 bits per heavy atom. The second-order valence-electron chi connectivity index (χ2n) is 3.85. The van der Waals surface area contributed by atoms with E-state index in [1.807, 2.05) is 22.6 Å². The topological polar surface area (TPSA) is 75.3 Å². The van der Waals surface area contributed by atoms with E-state index in [0.29, 0.717) is 5.56 Å². The molecule has 0 aliphatic carbocycles. The average Bonchev–Trinajstić information content (AvgIpc) is 2.46. The summed E-state index contributed by atoms with van der Waals surface area (Å²) in [6.45, 7) is 0. The summed E-state index contributed by atoms with van der Waals surface area (Å²) < 4.78 is 24.6. The summed E-state index contributed by atoms with van der Waals surface area (Å²) in [6, 6.07) is 14.7. The van der Waals surface area contributed by atoms with Gasteiger partial charge in [-0.2, -0.15) is 0 Å². The van der Waals surface area contributed by atoms with Crippen molar-refractivity contribution in [2.24, 2.45) is 0 Å². The van der Waals surface area contributed by atoms with Crippen LogP contribution in [0.25, 0.3) is 0 Å². The molecule has 2 N–H and O–H groups in total. The quantitative estimate of drug-likeness (QED) is 0.606. The van der Waals surface area contributed by atoms with Crippen LogP contribution in [0.1, 0.15) is 10.4 Å². The summed E-state index contributed by atoms with van der Waals surface area (Å²) in [5, 5.41) is 0. The SMILES string of the molecule is O=C(NNS(=O)(=O)c1ccccc1)c1ccccc1I.